The number of nitrogens with zero attached hydrogens (tertiary/aromatic N) is 2. The van der Waals surface area contributed by atoms with Crippen molar-refractivity contribution in [3.05, 3.63) is 36.0 Å². The molecule has 0 aliphatic rings. The van der Waals surface area contributed by atoms with Gasteiger partial charge in [0.05, 0.1) is 6.10 Å². The van der Waals surface area contributed by atoms with Gasteiger partial charge in [-0.1, -0.05) is 17.8 Å². The predicted molar refractivity (Wildman–Crippen MR) is 85.8 cm³/mol. The first-order valence-electron chi connectivity index (χ1n) is 6.45. The van der Waals surface area contributed by atoms with Crippen molar-refractivity contribution in [1.82, 2.24) is 9.97 Å². The number of carboxylic acid groups (broad SMARTS) is 1. The summed E-state index contributed by atoms with van der Waals surface area (Å²) in [5, 5.41) is 24.5. The van der Waals surface area contributed by atoms with Gasteiger partial charge in [-0.15, -0.1) is 0 Å². The van der Waals surface area contributed by atoms with E-state index in [2.05, 4.69) is 20.6 Å². The lowest BCUT2D eigenvalue weighted by atomic mass is 10.2. The molecule has 1 aromatic carbocycles. The Morgan fingerprint density at radius 1 is 1.36 bits per heavy atom. The number of carbonyl (C=O) groups is 1. The number of aliphatic hydroxyl groups excluding tert-OH is 1. The first-order valence-corrected chi connectivity index (χ1v) is 7.68. The third-order valence-corrected chi connectivity index (χ3v) is 3.37. The standard InChI is InChI=1S/C14H16N4O3S/c1-8(19)11-7-15-13(22-2)18-12(11)16-9-4-3-5-10(6-9)17-14(20)21/h3-8,17,19H,1-2H3,(H,20,21)(H,15,16,18). The van der Waals surface area contributed by atoms with Crippen LogP contribution in [0, 0.1) is 0 Å². The summed E-state index contributed by atoms with van der Waals surface area (Å²) < 4.78 is 0. The van der Waals surface area contributed by atoms with Gasteiger partial charge in [0.25, 0.3) is 0 Å². The molecule has 4 N–H and O–H groups in total. The van der Waals surface area contributed by atoms with Crippen LogP contribution in [-0.2, 0) is 0 Å². The number of benzene rings is 1. The average molecular weight is 320 g/mol. The van der Waals surface area contributed by atoms with Gasteiger partial charge in [-0.3, -0.25) is 5.32 Å². The van der Waals surface area contributed by atoms with E-state index in [-0.39, 0.29) is 0 Å². The summed E-state index contributed by atoms with van der Waals surface area (Å²) >= 11 is 1.39. The quantitative estimate of drug-likeness (QED) is 0.495. The molecule has 2 rings (SSSR count). The molecule has 116 valence electrons. The second-order valence-electron chi connectivity index (χ2n) is 4.47. The van der Waals surface area contributed by atoms with E-state index in [9.17, 15) is 9.90 Å². The van der Waals surface area contributed by atoms with Crippen molar-refractivity contribution < 1.29 is 15.0 Å². The minimum atomic E-state index is -1.13. The van der Waals surface area contributed by atoms with Gasteiger partial charge in [0.1, 0.15) is 5.82 Å². The van der Waals surface area contributed by atoms with Crippen molar-refractivity contribution in [2.24, 2.45) is 0 Å². The molecule has 0 bridgehead atoms. The fourth-order valence-corrected chi connectivity index (χ4v) is 2.15. The molecule has 1 atom stereocenters. The minimum absolute atomic E-state index is 0.440. The Hall–Kier alpha value is -2.32. The molecule has 0 aliphatic heterocycles. The van der Waals surface area contributed by atoms with Gasteiger partial charge in [0.2, 0.25) is 0 Å². The van der Waals surface area contributed by atoms with Gasteiger partial charge in [-0.05, 0) is 31.4 Å². The second-order valence-corrected chi connectivity index (χ2v) is 5.25. The summed E-state index contributed by atoms with van der Waals surface area (Å²) in [6.07, 6.45) is 1.58. The monoisotopic (exact) mass is 320 g/mol. The summed E-state index contributed by atoms with van der Waals surface area (Å²) in [7, 11) is 0. The normalized spacial score (nSPS) is 11.8. The van der Waals surface area contributed by atoms with Crippen molar-refractivity contribution in [2.45, 2.75) is 18.2 Å². The molecule has 1 heterocycles. The van der Waals surface area contributed by atoms with Crippen LogP contribution in [0.25, 0.3) is 0 Å². The predicted octanol–water partition coefficient (Wildman–Crippen LogP) is 3.09. The largest absolute Gasteiger partial charge is 0.465 e. The Morgan fingerprint density at radius 3 is 2.73 bits per heavy atom. The SMILES string of the molecule is CSc1ncc(C(C)O)c(Nc2cccc(NC(=O)O)c2)n1. The highest BCUT2D eigenvalue weighted by Crippen LogP contribution is 2.26. The van der Waals surface area contributed by atoms with Crippen LogP contribution in [0.4, 0.5) is 22.0 Å². The molecule has 1 aromatic heterocycles. The van der Waals surface area contributed by atoms with E-state index in [1.54, 1.807) is 37.4 Å². The number of anilines is 3. The maximum atomic E-state index is 10.7. The Morgan fingerprint density at radius 2 is 2.09 bits per heavy atom. The van der Waals surface area contributed by atoms with E-state index >= 15 is 0 Å². The highest BCUT2D eigenvalue weighted by Gasteiger charge is 2.12. The van der Waals surface area contributed by atoms with Crippen molar-refractivity contribution in [2.75, 3.05) is 16.9 Å². The summed E-state index contributed by atoms with van der Waals surface area (Å²) in [5.41, 5.74) is 1.66. The Kier molecular flexibility index (Phi) is 5.18. The molecule has 1 amide bonds. The smallest absolute Gasteiger partial charge is 0.409 e. The molecular weight excluding hydrogens is 304 g/mol. The van der Waals surface area contributed by atoms with E-state index in [1.807, 2.05) is 6.26 Å². The van der Waals surface area contributed by atoms with E-state index < -0.39 is 12.2 Å². The van der Waals surface area contributed by atoms with Crippen molar-refractivity contribution in [3.8, 4) is 0 Å². The molecule has 0 saturated carbocycles. The molecule has 8 heteroatoms. The molecule has 0 fully saturated rings. The van der Waals surface area contributed by atoms with E-state index in [1.165, 1.54) is 11.8 Å². The number of aliphatic hydroxyl groups is 1. The van der Waals surface area contributed by atoms with Gasteiger partial charge in [0.15, 0.2) is 5.16 Å². The topological polar surface area (TPSA) is 107 Å². The van der Waals surface area contributed by atoms with E-state index in [0.717, 1.165) is 0 Å². The zero-order chi connectivity index (χ0) is 16.1. The van der Waals surface area contributed by atoms with Gasteiger partial charge in [-0.25, -0.2) is 14.8 Å². The Bertz CT molecular complexity index is 679. The van der Waals surface area contributed by atoms with Crippen LogP contribution in [0.1, 0.15) is 18.6 Å². The zero-order valence-electron chi connectivity index (χ0n) is 12.1. The average Bonchev–Trinajstić information content (AvgIpc) is 2.46. The van der Waals surface area contributed by atoms with Crippen molar-refractivity contribution >= 4 is 35.0 Å². The van der Waals surface area contributed by atoms with Crippen LogP contribution >= 0.6 is 11.8 Å². The van der Waals surface area contributed by atoms with Crippen LogP contribution < -0.4 is 10.6 Å². The summed E-state index contributed by atoms with van der Waals surface area (Å²) in [6.45, 7) is 1.63. The number of hydrogen-bond donors (Lipinski definition) is 4. The number of nitrogens with one attached hydrogen (secondary N) is 2. The molecule has 22 heavy (non-hydrogen) atoms. The summed E-state index contributed by atoms with van der Waals surface area (Å²) in [6, 6.07) is 6.77. The molecular formula is C14H16N4O3S. The molecule has 0 aliphatic carbocycles. The number of rotatable bonds is 5. The third kappa shape index (κ3) is 4.09. The van der Waals surface area contributed by atoms with Crippen LogP contribution in [0.15, 0.2) is 35.6 Å². The first-order chi connectivity index (χ1) is 10.5. The maximum Gasteiger partial charge on any atom is 0.409 e. The van der Waals surface area contributed by atoms with Gasteiger partial charge >= 0.3 is 6.09 Å². The lowest BCUT2D eigenvalue weighted by Gasteiger charge is -2.14. The Labute approximate surface area is 131 Å². The van der Waals surface area contributed by atoms with Crippen LogP contribution in [0.5, 0.6) is 0 Å². The maximum absolute atomic E-state index is 10.7. The number of amides is 1. The highest BCUT2D eigenvalue weighted by molar-refractivity contribution is 7.98. The molecule has 0 spiro atoms. The van der Waals surface area contributed by atoms with E-state index in [4.69, 9.17) is 5.11 Å². The van der Waals surface area contributed by atoms with Gasteiger partial charge in [0, 0.05) is 23.1 Å². The molecule has 7 nitrogen and oxygen atoms in total. The van der Waals surface area contributed by atoms with Crippen LogP contribution in [0.3, 0.4) is 0 Å². The van der Waals surface area contributed by atoms with Crippen LogP contribution in [-0.4, -0.2) is 32.5 Å². The molecule has 2 aromatic rings. The summed E-state index contributed by atoms with van der Waals surface area (Å²) in [5.74, 6) is 0.488. The fourth-order valence-electron chi connectivity index (χ4n) is 1.81. The highest BCUT2D eigenvalue weighted by atomic mass is 32.2. The molecule has 0 radical (unpaired) electrons. The second kappa shape index (κ2) is 7.10. The zero-order valence-corrected chi connectivity index (χ0v) is 12.9. The van der Waals surface area contributed by atoms with Crippen LogP contribution in [0.2, 0.25) is 0 Å². The lowest BCUT2D eigenvalue weighted by Crippen LogP contribution is -2.08. The van der Waals surface area contributed by atoms with Gasteiger partial charge < -0.3 is 15.5 Å². The molecule has 1 unspecified atom stereocenters. The number of aromatic nitrogens is 2. The van der Waals surface area contributed by atoms with Gasteiger partial charge in [-0.2, -0.15) is 0 Å². The molecule has 0 saturated heterocycles. The van der Waals surface area contributed by atoms with E-state index in [0.29, 0.717) is 27.9 Å². The number of thioether (sulfide) groups is 1. The van der Waals surface area contributed by atoms with Crippen molar-refractivity contribution in [3.63, 3.8) is 0 Å². The Balaban J connectivity index is 2.31. The number of hydrogen-bond acceptors (Lipinski definition) is 6. The van der Waals surface area contributed by atoms with Crippen molar-refractivity contribution in [1.29, 1.82) is 0 Å². The third-order valence-electron chi connectivity index (χ3n) is 2.80. The fraction of sp³-hybridized carbons (Fsp3) is 0.214. The minimum Gasteiger partial charge on any atom is -0.465 e. The lowest BCUT2D eigenvalue weighted by molar-refractivity contribution is 0.199. The summed E-state index contributed by atoms with van der Waals surface area (Å²) in [4.78, 5) is 19.2. The first kappa shape index (κ1) is 16.1.